The summed E-state index contributed by atoms with van der Waals surface area (Å²) in [6.45, 7) is 6.27. The number of ether oxygens (including phenoxy) is 2. The zero-order valence-corrected chi connectivity index (χ0v) is 21.2. The number of aryl methyl sites for hydroxylation is 1. The summed E-state index contributed by atoms with van der Waals surface area (Å²) in [6, 6.07) is 18.1. The molecule has 1 unspecified atom stereocenters. The van der Waals surface area contributed by atoms with Crippen molar-refractivity contribution in [1.82, 2.24) is 15.1 Å². The maximum absolute atomic E-state index is 13.7. The molecule has 0 radical (unpaired) electrons. The minimum atomic E-state index is -0.453. The number of phenolic OH excluding ortho intramolecular Hbond substituents is 1. The third-order valence-electron chi connectivity index (χ3n) is 6.47. The number of aromatic nitrogens is 2. The van der Waals surface area contributed by atoms with E-state index in [1.54, 1.807) is 30.2 Å². The summed E-state index contributed by atoms with van der Waals surface area (Å²) < 4.78 is 10.9. The number of aromatic hydroxyl groups is 1. The molecule has 8 heteroatoms. The molecule has 0 aliphatic carbocycles. The number of fused-ring (bicyclic) bond motifs is 1. The first-order chi connectivity index (χ1) is 17.9. The molecule has 5 rings (SSSR count). The number of aromatic amines is 1. The summed E-state index contributed by atoms with van der Waals surface area (Å²) in [4.78, 5) is 15.5. The summed E-state index contributed by atoms with van der Waals surface area (Å²) in [5.41, 5.74) is 4.60. The largest absolute Gasteiger partial charge is 0.507 e. The lowest BCUT2D eigenvalue weighted by Gasteiger charge is -2.27. The molecule has 0 saturated carbocycles. The van der Waals surface area contributed by atoms with Crippen molar-refractivity contribution in [1.29, 1.82) is 0 Å². The molecule has 188 valence electrons. The second-order valence-corrected chi connectivity index (χ2v) is 9.24. The Hall–Kier alpha value is -4.23. The van der Waals surface area contributed by atoms with Gasteiger partial charge >= 0.3 is 0 Å². The highest BCUT2D eigenvalue weighted by Crippen LogP contribution is 2.46. The summed E-state index contributed by atoms with van der Waals surface area (Å²) in [6.07, 6.45) is 1.68. The first kappa shape index (κ1) is 24.5. The molecule has 3 aromatic carbocycles. The zero-order chi connectivity index (χ0) is 26.1. The number of amides is 1. The molecule has 0 spiro atoms. The summed E-state index contributed by atoms with van der Waals surface area (Å²) in [7, 11) is 1.62. The predicted molar refractivity (Wildman–Crippen MR) is 142 cm³/mol. The van der Waals surface area contributed by atoms with Crippen molar-refractivity contribution >= 4 is 17.5 Å². The standard InChI is InChI=1S/C29H26ClN3O4/c1-4-13-37-21-11-7-19(8-12-21)28-25-26(22-15-23(30)17(2)14-24(22)34)31-32-27(25)29(35)33(28)16-18-5-9-20(36-3)10-6-18/h4-12,14-15,28,34H,1,13,16H2,2-3H3,(H,31,32). The van der Waals surface area contributed by atoms with Gasteiger partial charge in [-0.3, -0.25) is 9.89 Å². The van der Waals surface area contributed by atoms with Crippen molar-refractivity contribution in [3.63, 3.8) is 0 Å². The topological polar surface area (TPSA) is 87.7 Å². The van der Waals surface area contributed by atoms with Crippen LogP contribution in [0.5, 0.6) is 17.2 Å². The molecule has 4 aromatic rings. The van der Waals surface area contributed by atoms with Gasteiger partial charge in [0, 0.05) is 22.7 Å². The second-order valence-electron chi connectivity index (χ2n) is 8.83. The second kappa shape index (κ2) is 10.0. The number of rotatable bonds is 8. The van der Waals surface area contributed by atoms with Crippen molar-refractivity contribution in [3.8, 4) is 28.5 Å². The van der Waals surface area contributed by atoms with Crippen molar-refractivity contribution in [2.45, 2.75) is 19.5 Å². The van der Waals surface area contributed by atoms with Gasteiger partial charge in [-0.2, -0.15) is 5.10 Å². The minimum absolute atomic E-state index is 0.0455. The molecule has 37 heavy (non-hydrogen) atoms. The van der Waals surface area contributed by atoms with Gasteiger partial charge in [0.05, 0.1) is 13.2 Å². The molecule has 7 nitrogen and oxygen atoms in total. The summed E-state index contributed by atoms with van der Waals surface area (Å²) in [5, 5.41) is 18.6. The van der Waals surface area contributed by atoms with Crippen LogP contribution < -0.4 is 9.47 Å². The fourth-order valence-corrected chi connectivity index (χ4v) is 4.76. The molecule has 0 saturated heterocycles. The molecule has 1 aliphatic heterocycles. The van der Waals surface area contributed by atoms with Gasteiger partial charge in [-0.25, -0.2) is 0 Å². The number of hydrogen-bond donors (Lipinski definition) is 2. The van der Waals surface area contributed by atoms with E-state index in [2.05, 4.69) is 16.8 Å². The average molecular weight is 516 g/mol. The van der Waals surface area contributed by atoms with E-state index in [1.807, 2.05) is 55.5 Å². The van der Waals surface area contributed by atoms with Gasteiger partial charge in [0.2, 0.25) is 0 Å². The van der Waals surface area contributed by atoms with E-state index in [9.17, 15) is 9.90 Å². The molecule has 1 aliphatic rings. The third-order valence-corrected chi connectivity index (χ3v) is 6.88. The van der Waals surface area contributed by atoms with Gasteiger partial charge in [-0.1, -0.05) is 48.5 Å². The summed E-state index contributed by atoms with van der Waals surface area (Å²) in [5.74, 6) is 1.31. The van der Waals surface area contributed by atoms with Crippen LogP contribution in [0.25, 0.3) is 11.3 Å². The maximum atomic E-state index is 13.7. The quantitative estimate of drug-likeness (QED) is 0.278. The number of carbonyl (C=O) groups is 1. The molecule has 1 atom stereocenters. The lowest BCUT2D eigenvalue weighted by Crippen LogP contribution is -2.29. The Balaban J connectivity index is 1.61. The highest BCUT2D eigenvalue weighted by Gasteiger charge is 2.42. The highest BCUT2D eigenvalue weighted by molar-refractivity contribution is 6.31. The van der Waals surface area contributed by atoms with E-state index in [0.29, 0.717) is 46.4 Å². The smallest absolute Gasteiger partial charge is 0.273 e. The van der Waals surface area contributed by atoms with E-state index in [4.69, 9.17) is 21.1 Å². The molecular weight excluding hydrogens is 490 g/mol. The van der Waals surface area contributed by atoms with Gasteiger partial charge in [0.15, 0.2) is 0 Å². The number of phenols is 1. The normalized spacial score (nSPS) is 14.5. The van der Waals surface area contributed by atoms with Crippen LogP contribution in [-0.4, -0.2) is 39.8 Å². The van der Waals surface area contributed by atoms with Crippen LogP contribution >= 0.6 is 11.6 Å². The predicted octanol–water partition coefficient (Wildman–Crippen LogP) is 6.06. The first-order valence-electron chi connectivity index (χ1n) is 11.8. The van der Waals surface area contributed by atoms with E-state index in [1.165, 1.54) is 0 Å². The maximum Gasteiger partial charge on any atom is 0.273 e. The lowest BCUT2D eigenvalue weighted by molar-refractivity contribution is 0.0730. The van der Waals surface area contributed by atoms with Crippen LogP contribution in [0.3, 0.4) is 0 Å². The van der Waals surface area contributed by atoms with Gasteiger partial charge in [-0.15, -0.1) is 0 Å². The number of carbonyl (C=O) groups excluding carboxylic acids is 1. The van der Waals surface area contributed by atoms with Crippen molar-refractivity contribution in [2.24, 2.45) is 0 Å². The lowest BCUT2D eigenvalue weighted by atomic mass is 9.95. The average Bonchev–Trinajstić information content (AvgIpc) is 3.44. The van der Waals surface area contributed by atoms with Crippen LogP contribution in [0.15, 0.2) is 73.3 Å². The molecule has 2 N–H and O–H groups in total. The van der Waals surface area contributed by atoms with Crippen LogP contribution in [-0.2, 0) is 6.54 Å². The van der Waals surface area contributed by atoms with Crippen LogP contribution in [0, 0.1) is 6.92 Å². The Morgan fingerprint density at radius 2 is 1.84 bits per heavy atom. The Morgan fingerprint density at radius 1 is 1.14 bits per heavy atom. The van der Waals surface area contributed by atoms with Gasteiger partial charge in [-0.05, 0) is 60.0 Å². The van der Waals surface area contributed by atoms with Crippen molar-refractivity contribution in [3.05, 3.63) is 106 Å². The van der Waals surface area contributed by atoms with E-state index >= 15 is 0 Å². The van der Waals surface area contributed by atoms with Crippen LogP contribution in [0.1, 0.15) is 38.8 Å². The molecule has 2 heterocycles. The number of hydrogen-bond acceptors (Lipinski definition) is 5. The molecule has 0 bridgehead atoms. The Morgan fingerprint density at radius 3 is 2.51 bits per heavy atom. The van der Waals surface area contributed by atoms with Crippen molar-refractivity contribution in [2.75, 3.05) is 13.7 Å². The van der Waals surface area contributed by atoms with Crippen LogP contribution in [0.2, 0.25) is 5.02 Å². The molecule has 1 aromatic heterocycles. The molecule has 1 amide bonds. The Bertz CT molecular complexity index is 1460. The number of benzene rings is 3. The van der Waals surface area contributed by atoms with Crippen LogP contribution in [0.4, 0.5) is 0 Å². The zero-order valence-electron chi connectivity index (χ0n) is 20.5. The van der Waals surface area contributed by atoms with Gasteiger partial charge < -0.3 is 19.5 Å². The monoisotopic (exact) mass is 515 g/mol. The number of methoxy groups -OCH3 is 1. The first-order valence-corrected chi connectivity index (χ1v) is 12.1. The van der Waals surface area contributed by atoms with E-state index in [-0.39, 0.29) is 11.7 Å². The number of nitrogens with one attached hydrogen (secondary N) is 1. The highest BCUT2D eigenvalue weighted by atomic mass is 35.5. The SMILES string of the molecule is C=CCOc1ccc(C2c3c(-c4cc(Cl)c(C)cc4O)n[nH]c3C(=O)N2Cc2ccc(OC)cc2)cc1. The summed E-state index contributed by atoms with van der Waals surface area (Å²) >= 11 is 6.40. The van der Waals surface area contributed by atoms with Crippen molar-refractivity contribution < 1.29 is 19.4 Å². The van der Waals surface area contributed by atoms with E-state index in [0.717, 1.165) is 22.4 Å². The Labute approximate surface area is 219 Å². The fourth-order valence-electron chi connectivity index (χ4n) is 4.60. The fraction of sp³-hybridized carbons (Fsp3) is 0.172. The molecular formula is C29H26ClN3O4. The molecule has 0 fully saturated rings. The number of nitrogens with zero attached hydrogens (tertiary/aromatic N) is 2. The number of halogens is 1. The number of H-pyrrole nitrogens is 1. The van der Waals surface area contributed by atoms with Gasteiger partial charge in [0.25, 0.3) is 5.91 Å². The third kappa shape index (κ3) is 4.54. The van der Waals surface area contributed by atoms with Gasteiger partial charge in [0.1, 0.15) is 35.2 Å². The van der Waals surface area contributed by atoms with E-state index < -0.39 is 6.04 Å². The minimum Gasteiger partial charge on any atom is -0.507 e. The Kier molecular flexibility index (Phi) is 6.63.